The van der Waals surface area contributed by atoms with Crippen molar-refractivity contribution in [3.8, 4) is 5.75 Å². The van der Waals surface area contributed by atoms with Gasteiger partial charge in [-0.3, -0.25) is 14.5 Å². The summed E-state index contributed by atoms with van der Waals surface area (Å²) in [6, 6.07) is 13.3. The zero-order valence-corrected chi connectivity index (χ0v) is 18.6. The number of hydrogen-bond acceptors (Lipinski definition) is 5. The first kappa shape index (κ1) is 22.5. The van der Waals surface area contributed by atoms with Crippen molar-refractivity contribution < 1.29 is 24.2 Å². The molecule has 6 heteroatoms. The van der Waals surface area contributed by atoms with Crippen molar-refractivity contribution in [1.29, 1.82) is 0 Å². The molecule has 1 heterocycles. The van der Waals surface area contributed by atoms with Crippen LogP contribution < -0.4 is 4.90 Å². The van der Waals surface area contributed by atoms with Crippen molar-refractivity contribution >= 4 is 23.5 Å². The average Bonchev–Trinajstić information content (AvgIpc) is 2.91. The predicted molar refractivity (Wildman–Crippen MR) is 118 cm³/mol. The number of anilines is 1. The number of aromatic hydroxyl groups is 1. The van der Waals surface area contributed by atoms with Crippen LogP contribution >= 0.6 is 0 Å². The molecule has 0 aromatic heterocycles. The highest BCUT2D eigenvalue weighted by molar-refractivity contribution is 6.21. The van der Waals surface area contributed by atoms with Gasteiger partial charge in [-0.25, -0.2) is 4.79 Å². The molecule has 1 aliphatic heterocycles. The lowest BCUT2D eigenvalue weighted by Crippen LogP contribution is -2.30. The van der Waals surface area contributed by atoms with Crippen LogP contribution in [0, 0.1) is 11.8 Å². The number of hydrogen-bond donors (Lipinski definition) is 1. The third-order valence-electron chi connectivity index (χ3n) is 5.58. The monoisotopic (exact) mass is 423 g/mol. The number of carbonyl (C=O) groups excluding carboxylic acids is 3. The molecule has 0 radical (unpaired) electrons. The number of amides is 2. The third-order valence-corrected chi connectivity index (χ3v) is 5.58. The van der Waals surface area contributed by atoms with E-state index in [0.29, 0.717) is 17.7 Å². The molecule has 2 aromatic carbocycles. The number of esters is 1. The average molecular weight is 424 g/mol. The van der Waals surface area contributed by atoms with E-state index in [2.05, 4.69) is 0 Å². The molecular weight excluding hydrogens is 394 g/mol. The van der Waals surface area contributed by atoms with E-state index in [-0.39, 0.29) is 29.5 Å². The van der Waals surface area contributed by atoms with Crippen LogP contribution in [0.15, 0.2) is 48.5 Å². The molecule has 1 fully saturated rings. The first-order valence-corrected chi connectivity index (χ1v) is 10.5. The van der Waals surface area contributed by atoms with Crippen LogP contribution in [0.1, 0.15) is 62.9 Å². The summed E-state index contributed by atoms with van der Waals surface area (Å²) in [5, 5.41) is 9.47. The molecule has 6 nitrogen and oxygen atoms in total. The number of imide groups is 1. The minimum absolute atomic E-state index is 0.0247. The zero-order chi connectivity index (χ0) is 22.9. The van der Waals surface area contributed by atoms with Gasteiger partial charge in [-0.05, 0) is 75.1 Å². The summed E-state index contributed by atoms with van der Waals surface area (Å²) in [7, 11) is 0. The van der Waals surface area contributed by atoms with Gasteiger partial charge in [0.15, 0.2) is 0 Å². The third kappa shape index (κ3) is 4.95. The van der Waals surface area contributed by atoms with E-state index in [0.717, 1.165) is 5.56 Å². The maximum absolute atomic E-state index is 13.0. The second-order valence-electron chi connectivity index (χ2n) is 9.18. The van der Waals surface area contributed by atoms with E-state index in [4.69, 9.17) is 4.74 Å². The van der Waals surface area contributed by atoms with Crippen molar-refractivity contribution in [1.82, 2.24) is 0 Å². The molecule has 0 spiro atoms. The molecule has 31 heavy (non-hydrogen) atoms. The summed E-state index contributed by atoms with van der Waals surface area (Å²) in [4.78, 5) is 39.2. The Morgan fingerprint density at radius 2 is 1.61 bits per heavy atom. The molecule has 1 saturated heterocycles. The number of benzene rings is 2. The Morgan fingerprint density at radius 3 is 2.16 bits per heavy atom. The SMILES string of the molecule is CC(CC1C(=O)N(c2ccc(O)cc2)C(=O)C1C)c1ccc(C(=O)OC(C)(C)C)cc1. The maximum atomic E-state index is 13.0. The summed E-state index contributed by atoms with van der Waals surface area (Å²) in [6.45, 7) is 9.26. The highest BCUT2D eigenvalue weighted by Gasteiger charge is 2.46. The van der Waals surface area contributed by atoms with Crippen LogP contribution in [-0.4, -0.2) is 28.5 Å². The molecule has 0 saturated carbocycles. The van der Waals surface area contributed by atoms with Gasteiger partial charge in [-0.1, -0.05) is 26.0 Å². The topological polar surface area (TPSA) is 83.9 Å². The Morgan fingerprint density at radius 1 is 1.03 bits per heavy atom. The summed E-state index contributed by atoms with van der Waals surface area (Å²) in [6.07, 6.45) is 0.520. The lowest BCUT2D eigenvalue weighted by molar-refractivity contribution is -0.122. The highest BCUT2D eigenvalue weighted by Crippen LogP contribution is 2.37. The molecule has 1 aliphatic rings. The van der Waals surface area contributed by atoms with Crippen molar-refractivity contribution in [2.75, 3.05) is 4.90 Å². The predicted octanol–water partition coefficient (Wildman–Crippen LogP) is 4.67. The summed E-state index contributed by atoms with van der Waals surface area (Å²) in [5.74, 6) is -1.57. The molecule has 3 atom stereocenters. The van der Waals surface area contributed by atoms with Gasteiger partial charge in [-0.15, -0.1) is 0 Å². The maximum Gasteiger partial charge on any atom is 0.338 e. The molecule has 164 valence electrons. The lowest BCUT2D eigenvalue weighted by Gasteiger charge is -2.20. The van der Waals surface area contributed by atoms with E-state index in [9.17, 15) is 19.5 Å². The Labute approximate surface area is 182 Å². The van der Waals surface area contributed by atoms with Crippen molar-refractivity contribution in [3.05, 3.63) is 59.7 Å². The van der Waals surface area contributed by atoms with Gasteiger partial charge >= 0.3 is 5.97 Å². The Balaban J connectivity index is 1.71. The van der Waals surface area contributed by atoms with Crippen molar-refractivity contribution in [2.45, 2.75) is 52.6 Å². The van der Waals surface area contributed by atoms with Gasteiger partial charge in [-0.2, -0.15) is 0 Å². The number of phenols is 1. The van der Waals surface area contributed by atoms with Crippen LogP contribution in [0.4, 0.5) is 5.69 Å². The highest BCUT2D eigenvalue weighted by atomic mass is 16.6. The largest absolute Gasteiger partial charge is 0.508 e. The van der Waals surface area contributed by atoms with E-state index >= 15 is 0 Å². The normalized spacial score (nSPS) is 20.1. The first-order chi connectivity index (χ1) is 14.5. The van der Waals surface area contributed by atoms with Gasteiger partial charge in [0.2, 0.25) is 11.8 Å². The molecule has 0 bridgehead atoms. The summed E-state index contributed by atoms with van der Waals surface area (Å²) >= 11 is 0. The van der Waals surface area contributed by atoms with Crippen LogP contribution in [0.25, 0.3) is 0 Å². The van der Waals surface area contributed by atoms with Gasteiger partial charge in [0.05, 0.1) is 17.2 Å². The number of rotatable bonds is 5. The molecular formula is C25H29NO5. The smallest absolute Gasteiger partial charge is 0.338 e. The van der Waals surface area contributed by atoms with Crippen LogP contribution in [0.5, 0.6) is 5.75 Å². The second-order valence-corrected chi connectivity index (χ2v) is 9.18. The second kappa shape index (κ2) is 8.53. The van der Waals surface area contributed by atoms with Crippen LogP contribution in [0.2, 0.25) is 0 Å². The fourth-order valence-corrected chi connectivity index (χ4v) is 3.83. The minimum atomic E-state index is -0.558. The van der Waals surface area contributed by atoms with Gasteiger partial charge in [0.1, 0.15) is 11.4 Å². The number of phenolic OH excluding ortho intramolecular Hbond substituents is 1. The number of ether oxygens (including phenoxy) is 1. The first-order valence-electron chi connectivity index (χ1n) is 10.5. The van der Waals surface area contributed by atoms with E-state index in [1.54, 1.807) is 31.2 Å². The van der Waals surface area contributed by atoms with Crippen molar-refractivity contribution in [3.63, 3.8) is 0 Å². The Bertz CT molecular complexity index is 972. The van der Waals surface area contributed by atoms with Gasteiger partial charge < -0.3 is 9.84 Å². The lowest BCUT2D eigenvalue weighted by atomic mass is 9.84. The quantitative estimate of drug-likeness (QED) is 0.558. The van der Waals surface area contributed by atoms with Crippen molar-refractivity contribution in [2.24, 2.45) is 11.8 Å². The zero-order valence-electron chi connectivity index (χ0n) is 18.6. The van der Waals surface area contributed by atoms with E-state index in [1.165, 1.54) is 17.0 Å². The Hall–Kier alpha value is -3.15. The number of nitrogens with zero attached hydrogens (tertiary/aromatic N) is 1. The summed E-state index contributed by atoms with van der Waals surface area (Å²) < 4.78 is 5.39. The molecule has 3 rings (SSSR count). The van der Waals surface area contributed by atoms with Crippen LogP contribution in [0.3, 0.4) is 0 Å². The summed E-state index contributed by atoms with van der Waals surface area (Å²) in [5.41, 5.74) is 1.38. The molecule has 3 unspecified atom stereocenters. The standard InChI is InChI=1S/C25H29NO5/c1-15(17-6-8-18(9-7-17)24(30)31-25(3,4)5)14-21-16(2)22(28)26(23(21)29)19-10-12-20(27)13-11-19/h6-13,15-16,21,27H,14H2,1-5H3. The number of carbonyl (C=O) groups is 3. The molecule has 2 amide bonds. The molecule has 2 aromatic rings. The van der Waals surface area contributed by atoms with Gasteiger partial charge in [0, 0.05) is 5.92 Å². The van der Waals surface area contributed by atoms with Crippen LogP contribution in [-0.2, 0) is 14.3 Å². The fraction of sp³-hybridized carbons (Fsp3) is 0.400. The fourth-order valence-electron chi connectivity index (χ4n) is 3.83. The molecule has 1 N–H and O–H groups in total. The minimum Gasteiger partial charge on any atom is -0.508 e. The molecule has 0 aliphatic carbocycles. The van der Waals surface area contributed by atoms with E-state index < -0.39 is 17.4 Å². The van der Waals surface area contributed by atoms with E-state index in [1.807, 2.05) is 39.8 Å². The van der Waals surface area contributed by atoms with Gasteiger partial charge in [0.25, 0.3) is 0 Å². The Kier molecular flexibility index (Phi) is 6.20.